The molecule has 3 aliphatic rings. The molecule has 2 N–H and O–H groups in total. The van der Waals surface area contributed by atoms with Gasteiger partial charge in [0.2, 0.25) is 23.5 Å². The molecule has 0 aromatic rings. The van der Waals surface area contributed by atoms with Gasteiger partial charge in [-0.05, 0) is 35.5 Å². The Bertz CT molecular complexity index is 1420. The second-order valence-electron chi connectivity index (χ2n) is 13.2. The molecule has 0 bridgehead atoms. The Morgan fingerprint density at radius 1 is 1.09 bits per heavy atom. The number of hydrogen-bond donors (Lipinski definition) is 2. The number of nitrogens with zero attached hydrogens (tertiary/aromatic N) is 3. The highest BCUT2D eigenvalue weighted by molar-refractivity contribution is 6.01. The predicted molar refractivity (Wildman–Crippen MR) is 140 cm³/mol. The molecule has 3 rings (SSSR count). The summed E-state index contributed by atoms with van der Waals surface area (Å²) in [7, 11) is 0. The van der Waals surface area contributed by atoms with Crippen LogP contribution in [0.25, 0.3) is 4.85 Å². The minimum absolute atomic E-state index is 0.00211. The molecule has 1 aliphatic carbocycles. The van der Waals surface area contributed by atoms with Gasteiger partial charge in [0.1, 0.15) is 12.1 Å². The number of alkyl halides is 7. The van der Waals surface area contributed by atoms with Crippen molar-refractivity contribution in [1.82, 2.24) is 15.5 Å². The standard InChI is InChI=1S/C28H30F9N5O4/c1-24(2,3)14(10-40-21(44)17(29)19(30)26(31,27(32,33)34)28(35,36)37)23(46)42-11-15-16(25(15,4)5)18(42)22(45)41-13(9-38)8-12-6-7-39-20(12)43/h12-16,18H,6-8,11H2,1-5H3,(H-,39,41,43,45)/p+1/b19-17+/t12-,13-,14?,15-,16-,18-/m0/s1. The number of nitriles is 1. The molecule has 2 heterocycles. The van der Waals surface area contributed by atoms with Crippen molar-refractivity contribution >= 4 is 23.6 Å². The summed E-state index contributed by atoms with van der Waals surface area (Å²) in [4.78, 5) is 55.1. The lowest BCUT2D eigenvalue weighted by atomic mass is 9.80. The second-order valence-corrected chi connectivity index (χ2v) is 13.2. The van der Waals surface area contributed by atoms with Crippen LogP contribution in [0.1, 0.15) is 47.5 Å². The maximum atomic E-state index is 14.2. The third-order valence-corrected chi connectivity index (χ3v) is 8.79. The first-order valence-corrected chi connectivity index (χ1v) is 14.0. The number of hydrogen-bond acceptors (Lipinski definition) is 5. The van der Waals surface area contributed by atoms with E-state index < -0.39 is 88.1 Å². The number of amides is 4. The molecular weight excluding hydrogens is 641 g/mol. The monoisotopic (exact) mass is 672 g/mol. The van der Waals surface area contributed by atoms with Gasteiger partial charge in [-0.15, -0.1) is 0 Å². The van der Waals surface area contributed by atoms with Gasteiger partial charge in [0.25, 0.3) is 5.83 Å². The van der Waals surface area contributed by atoms with Crippen LogP contribution in [-0.2, 0) is 19.2 Å². The Morgan fingerprint density at radius 2 is 1.65 bits per heavy atom. The quantitative estimate of drug-likeness (QED) is 0.305. The highest BCUT2D eigenvalue weighted by Crippen LogP contribution is 2.65. The van der Waals surface area contributed by atoms with Gasteiger partial charge in [-0.3, -0.25) is 14.4 Å². The molecule has 2 aliphatic heterocycles. The largest absolute Gasteiger partial charge is 0.579 e. The van der Waals surface area contributed by atoms with E-state index in [1.54, 1.807) is 0 Å². The zero-order valence-electron chi connectivity index (χ0n) is 25.2. The molecule has 1 unspecified atom stereocenters. The molecule has 2 saturated heterocycles. The van der Waals surface area contributed by atoms with E-state index in [0.29, 0.717) is 13.0 Å². The first-order chi connectivity index (χ1) is 20.8. The van der Waals surface area contributed by atoms with Crippen molar-refractivity contribution in [2.75, 3.05) is 13.1 Å². The van der Waals surface area contributed by atoms with Crippen molar-refractivity contribution in [2.45, 2.75) is 77.6 Å². The van der Waals surface area contributed by atoms with E-state index in [1.807, 2.05) is 26.0 Å². The molecule has 0 radical (unpaired) electrons. The average Bonchev–Trinajstić information content (AvgIpc) is 3.26. The van der Waals surface area contributed by atoms with Crippen LogP contribution < -0.4 is 10.6 Å². The van der Waals surface area contributed by atoms with Crippen LogP contribution in [0.4, 0.5) is 39.5 Å². The van der Waals surface area contributed by atoms with E-state index in [2.05, 4.69) is 15.5 Å². The van der Waals surface area contributed by atoms with Crippen molar-refractivity contribution in [3.8, 4) is 12.1 Å². The van der Waals surface area contributed by atoms with Gasteiger partial charge in [0.05, 0.1) is 6.07 Å². The van der Waals surface area contributed by atoms with Crippen molar-refractivity contribution in [3.63, 3.8) is 0 Å². The third kappa shape index (κ3) is 6.53. The molecule has 46 heavy (non-hydrogen) atoms. The maximum Gasteiger partial charge on any atom is 0.579 e. The van der Waals surface area contributed by atoms with E-state index in [9.17, 15) is 64.0 Å². The molecular formula is C28H31F9N5O4+. The lowest BCUT2D eigenvalue weighted by Crippen LogP contribution is -2.54. The van der Waals surface area contributed by atoms with Crippen molar-refractivity contribution in [1.29, 1.82) is 5.26 Å². The summed E-state index contributed by atoms with van der Waals surface area (Å²) in [5.74, 6) is -15.1. The molecule has 6 atom stereocenters. The van der Waals surface area contributed by atoms with Gasteiger partial charge in [0.15, 0.2) is 5.92 Å². The summed E-state index contributed by atoms with van der Waals surface area (Å²) in [6.07, 6.45) is -13.6. The van der Waals surface area contributed by atoms with Gasteiger partial charge >= 0.3 is 30.0 Å². The second kappa shape index (κ2) is 12.1. The molecule has 0 aromatic heterocycles. The SMILES string of the molecule is CC(C)(C)C(C#[N+]C(=O)/C(F)=C(\F)C(F)(C(F)(F)F)C(F)(F)F)C(=O)N1C[C@H]2[C@@H]([C@H]1C(=O)N[C@H](C#N)C[C@@H]1CCNC1=O)C2(C)C. The average molecular weight is 673 g/mol. The van der Waals surface area contributed by atoms with Gasteiger partial charge in [-0.25, -0.2) is 8.78 Å². The topological polar surface area (TPSA) is 124 Å². The predicted octanol–water partition coefficient (Wildman–Crippen LogP) is 4.51. The van der Waals surface area contributed by atoms with Crippen LogP contribution in [-0.4, -0.2) is 71.7 Å². The summed E-state index contributed by atoms with van der Waals surface area (Å²) in [5.41, 5.74) is -8.57. The van der Waals surface area contributed by atoms with E-state index in [-0.39, 0.29) is 24.8 Å². The number of likely N-dealkylation sites (tertiary alicyclic amines) is 1. The maximum absolute atomic E-state index is 14.2. The first-order valence-electron chi connectivity index (χ1n) is 14.0. The molecule has 0 aromatic carbocycles. The van der Waals surface area contributed by atoms with E-state index >= 15 is 0 Å². The zero-order valence-corrected chi connectivity index (χ0v) is 25.2. The number of carbonyl (C=O) groups is 4. The Labute approximate surface area is 257 Å². The van der Waals surface area contributed by atoms with E-state index in [4.69, 9.17) is 0 Å². The first kappa shape index (κ1) is 36.6. The van der Waals surface area contributed by atoms with Crippen LogP contribution in [0.3, 0.4) is 0 Å². The minimum Gasteiger partial charge on any atom is -0.356 e. The lowest BCUT2D eigenvalue weighted by Gasteiger charge is -2.34. The van der Waals surface area contributed by atoms with Crippen LogP contribution in [0.5, 0.6) is 0 Å². The zero-order chi connectivity index (χ0) is 35.4. The Morgan fingerprint density at radius 3 is 2.11 bits per heavy atom. The van der Waals surface area contributed by atoms with E-state index in [0.717, 1.165) is 4.90 Å². The number of carbonyl (C=O) groups excluding carboxylic acids is 4. The molecule has 254 valence electrons. The number of fused-ring (bicyclic) bond motifs is 1. The lowest BCUT2D eigenvalue weighted by molar-refractivity contribution is -0.331. The van der Waals surface area contributed by atoms with E-state index in [1.165, 1.54) is 20.8 Å². The highest BCUT2D eigenvalue weighted by atomic mass is 19.4. The van der Waals surface area contributed by atoms with Crippen LogP contribution in [0.2, 0.25) is 0 Å². The Hall–Kier alpha value is -3.83. The Kier molecular flexibility index (Phi) is 9.62. The third-order valence-electron chi connectivity index (χ3n) is 8.79. The van der Waals surface area contributed by atoms with Crippen molar-refractivity contribution < 1.29 is 58.7 Å². The number of nitrogens with one attached hydrogen (secondary N) is 2. The fourth-order valence-electron chi connectivity index (χ4n) is 5.98. The van der Waals surface area contributed by atoms with Crippen LogP contribution >= 0.6 is 0 Å². The number of rotatable bonds is 7. The van der Waals surface area contributed by atoms with Gasteiger partial charge in [0, 0.05) is 23.9 Å². The highest BCUT2D eigenvalue weighted by Gasteiger charge is 2.77. The van der Waals surface area contributed by atoms with Crippen molar-refractivity contribution in [3.05, 3.63) is 16.5 Å². The summed E-state index contributed by atoms with van der Waals surface area (Å²) in [6.45, 7) is 8.18. The number of piperidine rings is 1. The van der Waals surface area contributed by atoms with Gasteiger partial charge in [-0.1, -0.05) is 34.6 Å². The molecule has 0 spiro atoms. The minimum atomic E-state index is -7.04. The number of halogens is 9. The normalized spacial score (nSPS) is 26.0. The Balaban J connectivity index is 1.92. The van der Waals surface area contributed by atoms with Crippen LogP contribution in [0.15, 0.2) is 11.7 Å². The van der Waals surface area contributed by atoms with Gasteiger partial charge in [-0.2, -0.15) is 40.8 Å². The fraction of sp³-hybridized carbons (Fsp3) is 0.714. The summed E-state index contributed by atoms with van der Waals surface area (Å²) < 4.78 is 119. The molecule has 9 nitrogen and oxygen atoms in total. The van der Waals surface area contributed by atoms with Crippen molar-refractivity contribution in [2.24, 2.45) is 34.5 Å². The number of allylic oxidation sites excluding steroid dienone is 1. The molecule has 3 fully saturated rings. The molecule has 4 amide bonds. The van der Waals surface area contributed by atoms with Crippen LogP contribution in [0, 0.1) is 51.9 Å². The summed E-state index contributed by atoms with van der Waals surface area (Å²) in [6, 6.07) is 1.45. The molecule has 18 heteroatoms. The molecule has 1 saturated carbocycles. The van der Waals surface area contributed by atoms with Gasteiger partial charge < -0.3 is 15.5 Å². The summed E-state index contributed by atoms with van der Waals surface area (Å²) in [5, 5.41) is 14.8. The summed E-state index contributed by atoms with van der Waals surface area (Å²) >= 11 is 0. The fourth-order valence-corrected chi connectivity index (χ4v) is 5.98. The smallest absolute Gasteiger partial charge is 0.356 e.